The van der Waals surface area contributed by atoms with Gasteiger partial charge in [0, 0.05) is 6.92 Å². The second-order valence-electron chi connectivity index (χ2n) is 0.862. The van der Waals surface area contributed by atoms with Crippen molar-refractivity contribution in [3.63, 3.8) is 0 Å². The second-order valence-corrected chi connectivity index (χ2v) is 17.5. The molecule has 0 heterocycles. The molecule has 0 aromatic rings. The predicted octanol–water partition coefficient (Wildman–Crippen LogP) is 4.84. The van der Waals surface area contributed by atoms with Crippen molar-refractivity contribution in [1.29, 1.82) is 5.26 Å². The first-order valence-corrected chi connectivity index (χ1v) is 8.33. The molecule has 0 radical (unpaired) electrons. The Hall–Kier alpha value is 1.37. The van der Waals surface area contributed by atoms with Crippen LogP contribution in [-0.4, -0.2) is 0 Å². The molecule has 9 heavy (non-hydrogen) atoms. The van der Waals surface area contributed by atoms with E-state index in [0.29, 0.717) is 0 Å². The molecular formula is C2H3Cl5NP. The minimum absolute atomic E-state index is 1.43. The number of halogens is 5. The summed E-state index contributed by atoms with van der Waals surface area (Å²) in [5.74, 6) is 0. The van der Waals surface area contributed by atoms with E-state index in [9.17, 15) is 0 Å². The van der Waals surface area contributed by atoms with E-state index >= 15 is 0 Å². The fraction of sp³-hybridized carbons (Fsp3) is 0.500. The van der Waals surface area contributed by atoms with Crippen LogP contribution in [-0.2, 0) is 0 Å². The van der Waals surface area contributed by atoms with Crippen LogP contribution in [0.15, 0.2) is 0 Å². The van der Waals surface area contributed by atoms with Crippen LogP contribution in [0.1, 0.15) is 6.92 Å². The monoisotopic (exact) mass is 247 g/mol. The van der Waals surface area contributed by atoms with Crippen molar-refractivity contribution in [2.45, 2.75) is 6.92 Å². The summed E-state index contributed by atoms with van der Waals surface area (Å²) in [5.41, 5.74) is 0. The Bertz CT molecular complexity index is 100. The first-order chi connectivity index (χ1) is 3.65. The quantitative estimate of drug-likeness (QED) is 0.563. The van der Waals surface area contributed by atoms with Crippen molar-refractivity contribution in [3.8, 4) is 6.07 Å². The average molecular weight is 249 g/mol. The summed E-state index contributed by atoms with van der Waals surface area (Å²) in [6.07, 6.45) is 0. The Morgan fingerprint density at radius 3 is 1.11 bits per heavy atom. The van der Waals surface area contributed by atoms with Gasteiger partial charge >= 0.3 is 59.6 Å². The number of hydrogen-bond acceptors (Lipinski definition) is 1. The van der Waals surface area contributed by atoms with Gasteiger partial charge in [-0.2, -0.15) is 5.26 Å². The van der Waals surface area contributed by atoms with Crippen molar-refractivity contribution in [2.24, 2.45) is 0 Å². The van der Waals surface area contributed by atoms with E-state index in [1.165, 1.54) is 6.92 Å². The van der Waals surface area contributed by atoms with Crippen LogP contribution in [0.3, 0.4) is 0 Å². The third kappa shape index (κ3) is 271. The molecule has 0 aliphatic heterocycles. The fourth-order valence-electron chi connectivity index (χ4n) is 0. The number of nitriles is 1. The van der Waals surface area contributed by atoms with Gasteiger partial charge in [0.2, 0.25) is 0 Å². The minimum atomic E-state index is -3.69. The van der Waals surface area contributed by atoms with E-state index < -0.39 is 3.37 Å². The summed E-state index contributed by atoms with van der Waals surface area (Å²) in [6.45, 7) is 1.43. The molecule has 7 heteroatoms. The molecule has 1 nitrogen and oxygen atoms in total. The van der Waals surface area contributed by atoms with Crippen molar-refractivity contribution < 1.29 is 0 Å². The van der Waals surface area contributed by atoms with Crippen LogP contribution < -0.4 is 0 Å². The Balaban J connectivity index is 0. The van der Waals surface area contributed by atoms with Crippen LogP contribution in [0.4, 0.5) is 0 Å². The van der Waals surface area contributed by atoms with E-state index in [0.717, 1.165) is 0 Å². The van der Waals surface area contributed by atoms with E-state index in [1.54, 1.807) is 6.07 Å². The first kappa shape index (κ1) is 13.0. The Morgan fingerprint density at radius 2 is 1.11 bits per heavy atom. The van der Waals surface area contributed by atoms with E-state index in [2.05, 4.69) is 0 Å². The molecule has 0 atom stereocenters. The zero-order chi connectivity index (χ0) is 8.15. The predicted molar refractivity (Wildman–Crippen MR) is 47.5 cm³/mol. The van der Waals surface area contributed by atoms with Gasteiger partial charge in [0.15, 0.2) is 0 Å². The molecule has 0 N–H and O–H groups in total. The van der Waals surface area contributed by atoms with Crippen LogP contribution in [0.25, 0.3) is 0 Å². The van der Waals surface area contributed by atoms with Gasteiger partial charge in [0.25, 0.3) is 0 Å². The van der Waals surface area contributed by atoms with Crippen LogP contribution in [0.5, 0.6) is 0 Å². The van der Waals surface area contributed by atoms with Gasteiger partial charge < -0.3 is 0 Å². The molecule has 0 saturated heterocycles. The van der Waals surface area contributed by atoms with E-state index in [-0.39, 0.29) is 0 Å². The van der Waals surface area contributed by atoms with Crippen LogP contribution in [0, 0.1) is 11.3 Å². The SMILES string of the molecule is CC#N.ClP(Cl)(Cl)(Cl)Cl. The molecule has 0 fully saturated rings. The summed E-state index contributed by atoms with van der Waals surface area (Å²) in [7, 11) is 0. The molecule has 0 spiro atoms. The third-order valence-corrected chi connectivity index (χ3v) is 0. The molecule has 56 valence electrons. The van der Waals surface area contributed by atoms with Crippen molar-refractivity contribution in [1.82, 2.24) is 0 Å². The normalized spacial score (nSPS) is 13.7. The number of hydrogen-bond donors (Lipinski definition) is 0. The Kier molecular flexibility index (Phi) is 6.19. The summed E-state index contributed by atoms with van der Waals surface area (Å²) < 4.78 is -3.69. The average Bonchev–Trinajstić information content (AvgIpc) is 1.23. The first-order valence-electron chi connectivity index (χ1n) is 1.57. The maximum atomic E-state index is 7.32. The molecule has 0 aromatic heterocycles. The second kappa shape index (κ2) is 4.29. The molecule has 0 unspecified atom stereocenters. The van der Waals surface area contributed by atoms with Gasteiger partial charge in [-0.15, -0.1) is 0 Å². The van der Waals surface area contributed by atoms with Gasteiger partial charge in [-0.3, -0.25) is 0 Å². The number of nitrogens with zero attached hydrogens (tertiary/aromatic N) is 1. The molecule has 0 aliphatic rings. The molecule has 0 rings (SSSR count). The zero-order valence-electron chi connectivity index (χ0n) is 4.28. The van der Waals surface area contributed by atoms with Gasteiger partial charge in [-0.1, -0.05) is 0 Å². The number of rotatable bonds is 0. The third-order valence-electron chi connectivity index (χ3n) is 0. The fourth-order valence-corrected chi connectivity index (χ4v) is 0. The summed E-state index contributed by atoms with van der Waals surface area (Å²) in [4.78, 5) is 0. The van der Waals surface area contributed by atoms with Crippen molar-refractivity contribution >= 4 is 59.6 Å². The molecule has 0 saturated carbocycles. The standard InChI is InChI=1S/C2H3N.Cl5P/c1-2-3;1-6(2,3,4)5/h1H3;. The molecular weight excluding hydrogens is 246 g/mol. The molecule has 0 amide bonds. The maximum absolute atomic E-state index is 7.32. The van der Waals surface area contributed by atoms with Crippen molar-refractivity contribution in [3.05, 3.63) is 0 Å². The van der Waals surface area contributed by atoms with Crippen LogP contribution >= 0.6 is 59.6 Å². The van der Waals surface area contributed by atoms with Gasteiger partial charge in [0.1, 0.15) is 0 Å². The Morgan fingerprint density at radius 1 is 1.11 bits per heavy atom. The van der Waals surface area contributed by atoms with E-state index in [4.69, 9.17) is 61.5 Å². The zero-order valence-corrected chi connectivity index (χ0v) is 8.96. The van der Waals surface area contributed by atoms with Gasteiger partial charge in [-0.25, -0.2) is 0 Å². The summed E-state index contributed by atoms with van der Waals surface area (Å²) >= 11 is 24.9. The van der Waals surface area contributed by atoms with E-state index in [1.807, 2.05) is 0 Å². The Labute approximate surface area is 77.6 Å². The molecule has 0 bridgehead atoms. The van der Waals surface area contributed by atoms with Gasteiger partial charge in [0.05, 0.1) is 6.07 Å². The summed E-state index contributed by atoms with van der Waals surface area (Å²) in [6, 6.07) is 1.75. The van der Waals surface area contributed by atoms with Crippen molar-refractivity contribution in [2.75, 3.05) is 0 Å². The van der Waals surface area contributed by atoms with Gasteiger partial charge in [-0.05, 0) is 0 Å². The summed E-state index contributed by atoms with van der Waals surface area (Å²) in [5, 5.41) is 7.32. The van der Waals surface area contributed by atoms with Crippen LogP contribution in [0.2, 0.25) is 0 Å². The molecule has 0 aromatic carbocycles. The molecule has 0 aliphatic carbocycles. The topological polar surface area (TPSA) is 23.8 Å².